The molecule has 0 aromatic heterocycles. The number of hydrogen-bond acceptors (Lipinski definition) is 3. The lowest BCUT2D eigenvalue weighted by molar-refractivity contribution is -0.145. The first-order valence-electron chi connectivity index (χ1n) is 6.41. The minimum Gasteiger partial charge on any atom is -0.492 e. The van der Waals surface area contributed by atoms with Crippen molar-refractivity contribution in [2.24, 2.45) is 0 Å². The van der Waals surface area contributed by atoms with Crippen LogP contribution in [0.4, 0.5) is 0 Å². The summed E-state index contributed by atoms with van der Waals surface area (Å²) in [5, 5.41) is 8.92. The molecule has 5 nitrogen and oxygen atoms in total. The zero-order valence-electron chi connectivity index (χ0n) is 10.4. The van der Waals surface area contributed by atoms with Crippen molar-refractivity contribution in [1.82, 2.24) is 4.90 Å². The quantitative estimate of drug-likeness (QED) is 0.885. The average molecular weight is 261 g/mol. The largest absolute Gasteiger partial charge is 0.492 e. The number of carbonyl (C=O) groups excluding carboxylic acids is 1. The number of para-hydroxylation sites is 1. The maximum atomic E-state index is 12.5. The molecule has 0 saturated heterocycles. The van der Waals surface area contributed by atoms with E-state index in [1.54, 1.807) is 0 Å². The summed E-state index contributed by atoms with van der Waals surface area (Å²) in [4.78, 5) is 24.9. The van der Waals surface area contributed by atoms with Crippen LogP contribution in [0.15, 0.2) is 24.3 Å². The molecule has 3 rings (SSSR count). The number of carbonyl (C=O) groups is 2. The van der Waals surface area contributed by atoms with Crippen LogP contribution < -0.4 is 4.74 Å². The lowest BCUT2D eigenvalue weighted by atomic mass is 10.00. The Bertz CT molecular complexity index is 524. The van der Waals surface area contributed by atoms with Crippen molar-refractivity contribution < 1.29 is 19.4 Å². The van der Waals surface area contributed by atoms with Gasteiger partial charge in [0.15, 0.2) is 0 Å². The molecule has 0 unspecified atom stereocenters. The number of hydrogen-bond donors (Lipinski definition) is 1. The molecule has 5 heteroatoms. The van der Waals surface area contributed by atoms with Crippen molar-refractivity contribution in [3.8, 4) is 5.75 Å². The van der Waals surface area contributed by atoms with Crippen molar-refractivity contribution >= 4 is 11.9 Å². The van der Waals surface area contributed by atoms with Gasteiger partial charge in [-0.3, -0.25) is 9.59 Å². The molecule has 1 N–H and O–H groups in total. The molecular formula is C14H15NO4. The SMILES string of the molecule is O=C(O)CN(C(=O)[C@H]1COc2ccccc21)C1CC1. The van der Waals surface area contributed by atoms with Crippen LogP contribution in [0.5, 0.6) is 5.75 Å². The van der Waals surface area contributed by atoms with E-state index in [1.165, 1.54) is 4.90 Å². The Balaban J connectivity index is 1.81. The van der Waals surface area contributed by atoms with Gasteiger partial charge in [-0.1, -0.05) is 18.2 Å². The summed E-state index contributed by atoms with van der Waals surface area (Å²) >= 11 is 0. The molecule has 1 aliphatic heterocycles. The summed E-state index contributed by atoms with van der Waals surface area (Å²) in [5.41, 5.74) is 0.864. The monoisotopic (exact) mass is 261 g/mol. The van der Waals surface area contributed by atoms with Gasteiger partial charge in [-0.25, -0.2) is 0 Å². The van der Waals surface area contributed by atoms with Crippen LogP contribution in [0.3, 0.4) is 0 Å². The Labute approximate surface area is 110 Å². The number of fused-ring (bicyclic) bond motifs is 1. The number of benzene rings is 1. The van der Waals surface area contributed by atoms with Crippen molar-refractivity contribution in [3.05, 3.63) is 29.8 Å². The van der Waals surface area contributed by atoms with Gasteiger partial charge < -0.3 is 14.7 Å². The predicted octanol–water partition coefficient (Wildman–Crippen LogP) is 1.24. The molecule has 1 aromatic rings. The molecule has 1 aromatic carbocycles. The number of carboxylic acid groups (broad SMARTS) is 1. The molecule has 1 atom stereocenters. The van der Waals surface area contributed by atoms with E-state index in [-0.39, 0.29) is 24.4 Å². The molecule has 1 amide bonds. The fourth-order valence-electron chi connectivity index (χ4n) is 2.49. The number of ether oxygens (including phenoxy) is 1. The van der Waals surface area contributed by atoms with Crippen molar-refractivity contribution in [2.75, 3.05) is 13.2 Å². The summed E-state index contributed by atoms with van der Waals surface area (Å²) < 4.78 is 5.49. The van der Waals surface area contributed by atoms with Gasteiger partial charge in [-0.15, -0.1) is 0 Å². The predicted molar refractivity (Wildman–Crippen MR) is 67.0 cm³/mol. The summed E-state index contributed by atoms with van der Waals surface area (Å²) in [6, 6.07) is 7.53. The average Bonchev–Trinajstić information content (AvgIpc) is 3.14. The smallest absolute Gasteiger partial charge is 0.323 e. The van der Waals surface area contributed by atoms with Crippen LogP contribution in [-0.4, -0.2) is 41.1 Å². The fraction of sp³-hybridized carbons (Fsp3) is 0.429. The van der Waals surface area contributed by atoms with Gasteiger partial charge in [-0.2, -0.15) is 0 Å². The van der Waals surface area contributed by atoms with E-state index in [0.29, 0.717) is 6.61 Å². The summed E-state index contributed by atoms with van der Waals surface area (Å²) in [7, 11) is 0. The standard InChI is InChI=1S/C14H15NO4/c16-13(17)7-15(9-5-6-9)14(18)11-8-19-12-4-2-1-3-10(11)12/h1-4,9,11H,5-8H2,(H,16,17)/t11-/m0/s1. The highest BCUT2D eigenvalue weighted by Crippen LogP contribution is 2.37. The molecule has 2 aliphatic rings. The van der Waals surface area contributed by atoms with Crippen LogP contribution in [0, 0.1) is 0 Å². The Hall–Kier alpha value is -2.04. The molecule has 0 radical (unpaired) electrons. The first-order valence-corrected chi connectivity index (χ1v) is 6.41. The van der Waals surface area contributed by atoms with E-state index in [9.17, 15) is 9.59 Å². The molecule has 0 spiro atoms. The van der Waals surface area contributed by atoms with Crippen LogP contribution in [0.1, 0.15) is 24.3 Å². The Morgan fingerprint density at radius 1 is 1.32 bits per heavy atom. The fourth-order valence-corrected chi connectivity index (χ4v) is 2.49. The van der Waals surface area contributed by atoms with Gasteiger partial charge in [0, 0.05) is 11.6 Å². The number of nitrogens with zero attached hydrogens (tertiary/aromatic N) is 1. The first kappa shape index (κ1) is 12.0. The van der Waals surface area contributed by atoms with Gasteiger partial charge >= 0.3 is 5.97 Å². The van der Waals surface area contributed by atoms with E-state index in [1.807, 2.05) is 24.3 Å². The Morgan fingerprint density at radius 2 is 2.05 bits per heavy atom. The minimum absolute atomic E-state index is 0.0939. The maximum Gasteiger partial charge on any atom is 0.323 e. The lowest BCUT2D eigenvalue weighted by Crippen LogP contribution is -2.40. The summed E-state index contributed by atoms with van der Waals surface area (Å²) in [5.74, 6) is -0.731. The van der Waals surface area contributed by atoms with Gasteiger partial charge in [-0.05, 0) is 18.9 Å². The molecule has 1 heterocycles. The summed E-state index contributed by atoms with van der Waals surface area (Å²) in [6.07, 6.45) is 1.79. The minimum atomic E-state index is -0.965. The van der Waals surface area contributed by atoms with Crippen LogP contribution in [0.2, 0.25) is 0 Å². The molecule has 1 fully saturated rings. The third kappa shape index (κ3) is 2.28. The number of aliphatic carboxylic acids is 1. The molecule has 0 bridgehead atoms. The highest BCUT2D eigenvalue weighted by atomic mass is 16.5. The van der Waals surface area contributed by atoms with Crippen molar-refractivity contribution in [2.45, 2.75) is 24.8 Å². The van der Waals surface area contributed by atoms with Gasteiger partial charge in [0.05, 0.1) is 0 Å². The number of rotatable bonds is 4. The number of carboxylic acids is 1. The Kier molecular flexibility index (Phi) is 2.89. The molecule has 19 heavy (non-hydrogen) atoms. The van der Waals surface area contributed by atoms with E-state index in [4.69, 9.17) is 9.84 Å². The second-order valence-electron chi connectivity index (χ2n) is 4.99. The molecule has 100 valence electrons. The zero-order valence-corrected chi connectivity index (χ0v) is 10.4. The molecular weight excluding hydrogens is 246 g/mol. The van der Waals surface area contributed by atoms with E-state index >= 15 is 0 Å². The van der Waals surface area contributed by atoms with Crippen LogP contribution >= 0.6 is 0 Å². The van der Waals surface area contributed by atoms with Crippen molar-refractivity contribution in [3.63, 3.8) is 0 Å². The third-order valence-corrected chi connectivity index (χ3v) is 3.57. The molecule has 1 saturated carbocycles. The normalized spacial score (nSPS) is 20.5. The third-order valence-electron chi connectivity index (χ3n) is 3.57. The van der Waals surface area contributed by atoms with E-state index in [0.717, 1.165) is 24.2 Å². The second kappa shape index (κ2) is 4.57. The highest BCUT2D eigenvalue weighted by molar-refractivity contribution is 5.88. The second-order valence-corrected chi connectivity index (χ2v) is 4.99. The van der Waals surface area contributed by atoms with Gasteiger partial charge in [0.1, 0.15) is 24.8 Å². The van der Waals surface area contributed by atoms with Crippen LogP contribution in [0.25, 0.3) is 0 Å². The maximum absolute atomic E-state index is 12.5. The van der Waals surface area contributed by atoms with Crippen molar-refractivity contribution in [1.29, 1.82) is 0 Å². The van der Waals surface area contributed by atoms with Gasteiger partial charge in [0.25, 0.3) is 0 Å². The summed E-state index contributed by atoms with van der Waals surface area (Å²) in [6.45, 7) is 0.0865. The highest BCUT2D eigenvalue weighted by Gasteiger charge is 2.40. The number of amides is 1. The van der Waals surface area contributed by atoms with Crippen LogP contribution in [-0.2, 0) is 9.59 Å². The molecule has 1 aliphatic carbocycles. The zero-order chi connectivity index (χ0) is 13.4. The lowest BCUT2D eigenvalue weighted by Gasteiger charge is -2.23. The van der Waals surface area contributed by atoms with E-state index in [2.05, 4.69) is 0 Å². The Morgan fingerprint density at radius 3 is 2.74 bits per heavy atom. The topological polar surface area (TPSA) is 66.8 Å². The van der Waals surface area contributed by atoms with Gasteiger partial charge in [0.2, 0.25) is 5.91 Å². The van der Waals surface area contributed by atoms with E-state index < -0.39 is 5.97 Å². The first-order chi connectivity index (χ1) is 9.16.